The molecule has 2 unspecified atom stereocenters. The molecule has 3 nitrogen and oxygen atoms in total. The number of quaternary nitrogens is 1. The molecule has 0 radical (unpaired) electrons. The van der Waals surface area contributed by atoms with Crippen LogP contribution in [0.2, 0.25) is 0 Å². The Labute approximate surface area is 66.8 Å². The molecule has 0 saturated carbocycles. The van der Waals surface area contributed by atoms with Crippen LogP contribution < -0.4 is 0 Å². The molecule has 4 atom stereocenters. The first kappa shape index (κ1) is 7.53. The molecule has 2 rings (SSSR count). The minimum Gasteiger partial charge on any atom is -0.633 e. The van der Waals surface area contributed by atoms with Crippen molar-refractivity contribution in [2.45, 2.75) is 43.9 Å². The third-order valence-corrected chi connectivity index (χ3v) is 3.37. The van der Waals surface area contributed by atoms with Gasteiger partial charge in [-0.25, -0.2) is 0 Å². The molecule has 1 N–H and O–H groups in total. The molecule has 3 heteroatoms. The van der Waals surface area contributed by atoms with Gasteiger partial charge in [0.05, 0.1) is 25.2 Å². The van der Waals surface area contributed by atoms with Gasteiger partial charge >= 0.3 is 0 Å². The van der Waals surface area contributed by atoms with Crippen LogP contribution in [0.3, 0.4) is 0 Å². The fraction of sp³-hybridized carbons (Fsp3) is 1.00. The predicted molar refractivity (Wildman–Crippen MR) is 41.6 cm³/mol. The summed E-state index contributed by atoms with van der Waals surface area (Å²) in [6, 6.07) is 0.368. The minimum absolute atomic E-state index is 0.0862. The molecular weight excluding hydrogens is 142 g/mol. The van der Waals surface area contributed by atoms with E-state index in [0.29, 0.717) is 0 Å². The Morgan fingerprint density at radius 2 is 1.73 bits per heavy atom. The van der Waals surface area contributed by atoms with Crippen LogP contribution in [-0.4, -0.2) is 35.0 Å². The molecule has 2 aliphatic heterocycles. The van der Waals surface area contributed by atoms with Crippen molar-refractivity contribution in [3.05, 3.63) is 5.21 Å². The summed E-state index contributed by atoms with van der Waals surface area (Å²) in [5.74, 6) is 0. The Hall–Kier alpha value is -0.120. The maximum Gasteiger partial charge on any atom is 0.0914 e. The molecule has 2 heterocycles. The topological polar surface area (TPSA) is 43.3 Å². The number of fused-ring (bicyclic) bond motifs is 2. The molecular formula is C8H15NO2. The highest BCUT2D eigenvalue weighted by molar-refractivity contribution is 4.85. The summed E-state index contributed by atoms with van der Waals surface area (Å²) in [5.41, 5.74) is 0. The lowest BCUT2D eigenvalue weighted by Gasteiger charge is -2.49. The van der Waals surface area contributed by atoms with Gasteiger partial charge < -0.3 is 15.0 Å². The van der Waals surface area contributed by atoms with Gasteiger partial charge in [-0.15, -0.1) is 0 Å². The maximum absolute atomic E-state index is 11.8. The third kappa shape index (κ3) is 0.991. The van der Waals surface area contributed by atoms with Crippen LogP contribution in [0, 0.1) is 5.21 Å². The number of hydroxylamine groups is 3. The van der Waals surface area contributed by atoms with Crippen LogP contribution in [0.5, 0.6) is 0 Å². The summed E-state index contributed by atoms with van der Waals surface area (Å²) in [7, 11) is 1.76. The smallest absolute Gasteiger partial charge is 0.0914 e. The quantitative estimate of drug-likeness (QED) is 0.413. The van der Waals surface area contributed by atoms with Crippen molar-refractivity contribution < 1.29 is 9.75 Å². The Kier molecular flexibility index (Phi) is 1.50. The van der Waals surface area contributed by atoms with Crippen molar-refractivity contribution in [2.75, 3.05) is 7.05 Å². The number of aliphatic hydroxyl groups is 1. The summed E-state index contributed by atoms with van der Waals surface area (Å²) < 4.78 is -0.0862. The van der Waals surface area contributed by atoms with Crippen LogP contribution in [-0.2, 0) is 0 Å². The molecule has 0 aromatic carbocycles. The first-order valence-corrected chi connectivity index (χ1v) is 4.35. The fourth-order valence-electron chi connectivity index (χ4n) is 2.57. The largest absolute Gasteiger partial charge is 0.633 e. The standard InChI is InChI=1S/C8H15NO2/c1-9(11)6-2-3-7(9)5-8(10)4-6/h6-8,10H,2-5H2,1H3/t6-,7+,8?,9?. The number of piperidine rings is 1. The highest BCUT2D eigenvalue weighted by Gasteiger charge is 2.45. The van der Waals surface area contributed by atoms with Crippen LogP contribution in [0.15, 0.2) is 0 Å². The first-order chi connectivity index (χ1) is 5.10. The Morgan fingerprint density at radius 1 is 1.27 bits per heavy atom. The SMILES string of the molecule is C[N+]1([O-])[C@@H]2CC[C@H]1CC(O)C2. The third-order valence-electron chi connectivity index (χ3n) is 3.37. The lowest BCUT2D eigenvalue weighted by molar-refractivity contribution is -0.903. The Morgan fingerprint density at radius 3 is 2.18 bits per heavy atom. The van der Waals surface area contributed by atoms with E-state index in [2.05, 4.69) is 0 Å². The highest BCUT2D eigenvalue weighted by Crippen LogP contribution is 2.39. The van der Waals surface area contributed by atoms with E-state index in [9.17, 15) is 10.3 Å². The fourth-order valence-corrected chi connectivity index (χ4v) is 2.57. The second kappa shape index (κ2) is 2.19. The van der Waals surface area contributed by atoms with Gasteiger partial charge in [-0.2, -0.15) is 0 Å². The molecule has 2 fully saturated rings. The van der Waals surface area contributed by atoms with Crippen LogP contribution in [0.4, 0.5) is 0 Å². The van der Waals surface area contributed by atoms with Gasteiger partial charge in [0, 0.05) is 25.7 Å². The molecule has 0 aromatic heterocycles. The van der Waals surface area contributed by atoms with E-state index in [1.165, 1.54) is 0 Å². The van der Waals surface area contributed by atoms with Crippen molar-refractivity contribution in [1.29, 1.82) is 0 Å². The molecule has 2 aliphatic rings. The molecule has 2 saturated heterocycles. The molecule has 2 bridgehead atoms. The summed E-state index contributed by atoms with van der Waals surface area (Å²) in [5, 5.41) is 21.2. The zero-order valence-electron chi connectivity index (χ0n) is 6.86. The number of nitrogens with zero attached hydrogens (tertiary/aromatic N) is 1. The van der Waals surface area contributed by atoms with E-state index in [4.69, 9.17) is 0 Å². The van der Waals surface area contributed by atoms with Crippen LogP contribution >= 0.6 is 0 Å². The average molecular weight is 157 g/mol. The van der Waals surface area contributed by atoms with Gasteiger partial charge in [0.2, 0.25) is 0 Å². The number of hydrogen-bond donors (Lipinski definition) is 1. The Balaban J connectivity index is 2.19. The van der Waals surface area contributed by atoms with Gasteiger partial charge in [0.25, 0.3) is 0 Å². The summed E-state index contributed by atoms with van der Waals surface area (Å²) in [6.45, 7) is 0. The maximum atomic E-state index is 11.8. The first-order valence-electron chi connectivity index (χ1n) is 4.35. The lowest BCUT2D eigenvalue weighted by atomic mass is 10.0. The van der Waals surface area contributed by atoms with E-state index < -0.39 is 0 Å². The molecule has 0 amide bonds. The van der Waals surface area contributed by atoms with Crippen molar-refractivity contribution in [3.8, 4) is 0 Å². The number of rotatable bonds is 0. The summed E-state index contributed by atoms with van der Waals surface area (Å²) in [4.78, 5) is 0. The van der Waals surface area contributed by atoms with Gasteiger partial charge in [0.1, 0.15) is 0 Å². The van der Waals surface area contributed by atoms with Gasteiger partial charge in [-0.05, 0) is 0 Å². The van der Waals surface area contributed by atoms with E-state index in [0.717, 1.165) is 25.7 Å². The van der Waals surface area contributed by atoms with Crippen molar-refractivity contribution in [1.82, 2.24) is 0 Å². The normalized spacial score (nSPS) is 56.5. The van der Waals surface area contributed by atoms with E-state index in [1.54, 1.807) is 7.05 Å². The molecule has 11 heavy (non-hydrogen) atoms. The minimum atomic E-state index is -0.201. The molecule has 64 valence electrons. The molecule has 0 spiro atoms. The van der Waals surface area contributed by atoms with Gasteiger partial charge in [-0.1, -0.05) is 0 Å². The highest BCUT2D eigenvalue weighted by atomic mass is 16.5. The van der Waals surface area contributed by atoms with E-state index in [-0.39, 0.29) is 22.8 Å². The van der Waals surface area contributed by atoms with Gasteiger partial charge in [-0.3, -0.25) is 0 Å². The monoisotopic (exact) mass is 157 g/mol. The predicted octanol–water partition coefficient (Wildman–Crippen LogP) is 0.616. The van der Waals surface area contributed by atoms with Crippen LogP contribution in [0.1, 0.15) is 25.7 Å². The average Bonchev–Trinajstić information content (AvgIpc) is 2.19. The zero-order chi connectivity index (χ0) is 8.06. The van der Waals surface area contributed by atoms with Crippen LogP contribution in [0.25, 0.3) is 0 Å². The second-order valence-corrected chi connectivity index (χ2v) is 4.07. The zero-order valence-corrected chi connectivity index (χ0v) is 6.86. The lowest BCUT2D eigenvalue weighted by Crippen LogP contribution is -2.54. The summed E-state index contributed by atoms with van der Waals surface area (Å²) >= 11 is 0. The van der Waals surface area contributed by atoms with Crippen molar-refractivity contribution in [3.63, 3.8) is 0 Å². The molecule has 0 aromatic rings. The molecule has 0 aliphatic carbocycles. The van der Waals surface area contributed by atoms with Crippen molar-refractivity contribution in [2.24, 2.45) is 0 Å². The van der Waals surface area contributed by atoms with Gasteiger partial charge in [0.15, 0.2) is 0 Å². The number of hydrogen-bond acceptors (Lipinski definition) is 2. The van der Waals surface area contributed by atoms with E-state index in [1.807, 2.05) is 0 Å². The van der Waals surface area contributed by atoms with E-state index >= 15 is 0 Å². The Bertz CT molecular complexity index is 153. The summed E-state index contributed by atoms with van der Waals surface area (Å²) in [6.07, 6.45) is 3.27. The second-order valence-electron chi connectivity index (χ2n) is 4.07. The van der Waals surface area contributed by atoms with Crippen molar-refractivity contribution >= 4 is 0 Å². The number of aliphatic hydroxyl groups excluding tert-OH is 1.